The summed E-state index contributed by atoms with van der Waals surface area (Å²) in [6, 6.07) is 13.3. The lowest BCUT2D eigenvalue weighted by Crippen LogP contribution is -2.43. The van der Waals surface area contributed by atoms with Crippen molar-refractivity contribution in [2.45, 2.75) is 12.5 Å². The van der Waals surface area contributed by atoms with Crippen molar-refractivity contribution < 1.29 is 23.3 Å². The number of benzene rings is 1. The number of carbonyl (C=O) groups excluding carboxylic acids is 2. The molecule has 3 aromatic rings. The second-order valence-corrected chi connectivity index (χ2v) is 5.29. The monoisotopic (exact) mass is 340 g/mol. The van der Waals surface area contributed by atoms with Gasteiger partial charge in [-0.15, -0.1) is 0 Å². The number of nitrogens with one attached hydrogen (secondary N) is 1. The second kappa shape index (κ2) is 7.48. The summed E-state index contributed by atoms with van der Waals surface area (Å²) in [5, 5.41) is 6.34. The average molecular weight is 340 g/mol. The molecule has 0 spiro atoms. The number of aromatic nitrogens is 1. The van der Waals surface area contributed by atoms with Gasteiger partial charge in [0, 0.05) is 12.5 Å². The molecular weight excluding hydrogens is 324 g/mol. The third-order valence-corrected chi connectivity index (χ3v) is 3.58. The molecule has 0 radical (unpaired) electrons. The van der Waals surface area contributed by atoms with Crippen LogP contribution in [-0.4, -0.2) is 30.2 Å². The van der Waals surface area contributed by atoms with Crippen molar-refractivity contribution in [3.63, 3.8) is 0 Å². The number of nitrogens with zero attached hydrogens (tertiary/aromatic N) is 1. The summed E-state index contributed by atoms with van der Waals surface area (Å²) < 4.78 is 15.1. The van der Waals surface area contributed by atoms with Gasteiger partial charge in [0.15, 0.2) is 11.5 Å². The number of methoxy groups -OCH3 is 1. The molecule has 1 N–H and O–H groups in total. The minimum absolute atomic E-state index is 0.0494. The first-order valence-corrected chi connectivity index (χ1v) is 7.60. The largest absolute Gasteiger partial charge is 0.467 e. The molecule has 1 aromatic carbocycles. The van der Waals surface area contributed by atoms with E-state index in [0.717, 1.165) is 5.56 Å². The van der Waals surface area contributed by atoms with Crippen molar-refractivity contribution in [3.05, 3.63) is 66.1 Å². The molecule has 128 valence electrons. The molecule has 0 aliphatic heterocycles. The summed E-state index contributed by atoms with van der Waals surface area (Å²) in [7, 11) is 1.28. The van der Waals surface area contributed by atoms with E-state index in [1.807, 2.05) is 30.3 Å². The molecule has 2 heterocycles. The molecule has 2 aromatic heterocycles. The zero-order chi connectivity index (χ0) is 17.6. The summed E-state index contributed by atoms with van der Waals surface area (Å²) in [5.41, 5.74) is 0.947. The fraction of sp³-hybridized carbons (Fsp3) is 0.167. The lowest BCUT2D eigenvalue weighted by atomic mass is 10.1. The highest BCUT2D eigenvalue weighted by Gasteiger charge is 2.24. The van der Waals surface area contributed by atoms with Crippen LogP contribution in [0, 0.1) is 0 Å². The Kier molecular flexibility index (Phi) is 4.94. The first kappa shape index (κ1) is 16.5. The maximum Gasteiger partial charge on any atom is 0.328 e. The van der Waals surface area contributed by atoms with Crippen LogP contribution in [0.2, 0.25) is 0 Å². The molecule has 0 saturated heterocycles. The number of hydrogen-bond donors (Lipinski definition) is 1. The number of furan rings is 1. The Morgan fingerprint density at radius 2 is 1.96 bits per heavy atom. The van der Waals surface area contributed by atoms with Crippen molar-refractivity contribution >= 4 is 11.9 Å². The molecule has 0 saturated carbocycles. The Morgan fingerprint density at radius 1 is 1.16 bits per heavy atom. The lowest BCUT2D eigenvalue weighted by molar-refractivity contribution is -0.142. The molecule has 1 atom stereocenters. The van der Waals surface area contributed by atoms with Gasteiger partial charge in [-0.2, -0.15) is 0 Å². The van der Waals surface area contributed by atoms with Crippen LogP contribution in [0.1, 0.15) is 16.1 Å². The zero-order valence-corrected chi connectivity index (χ0v) is 13.5. The molecule has 0 aliphatic carbocycles. The van der Waals surface area contributed by atoms with Gasteiger partial charge < -0.3 is 19.0 Å². The summed E-state index contributed by atoms with van der Waals surface area (Å²) >= 11 is 0. The summed E-state index contributed by atoms with van der Waals surface area (Å²) in [5.74, 6) is -0.284. The van der Waals surface area contributed by atoms with Crippen molar-refractivity contribution in [1.29, 1.82) is 0 Å². The van der Waals surface area contributed by atoms with E-state index in [2.05, 4.69) is 10.5 Å². The maximum absolute atomic E-state index is 12.4. The van der Waals surface area contributed by atoms with Gasteiger partial charge in [-0.05, 0) is 17.7 Å². The smallest absolute Gasteiger partial charge is 0.328 e. The van der Waals surface area contributed by atoms with Gasteiger partial charge in [0.1, 0.15) is 6.04 Å². The van der Waals surface area contributed by atoms with Gasteiger partial charge in [-0.25, -0.2) is 4.79 Å². The van der Waals surface area contributed by atoms with E-state index in [-0.39, 0.29) is 5.69 Å². The van der Waals surface area contributed by atoms with E-state index in [9.17, 15) is 9.59 Å². The number of rotatable bonds is 6. The predicted molar refractivity (Wildman–Crippen MR) is 87.6 cm³/mol. The zero-order valence-electron chi connectivity index (χ0n) is 13.5. The highest BCUT2D eigenvalue weighted by atomic mass is 16.5. The fourth-order valence-corrected chi connectivity index (χ4v) is 2.33. The van der Waals surface area contributed by atoms with Crippen LogP contribution in [-0.2, 0) is 16.0 Å². The molecule has 1 amide bonds. The van der Waals surface area contributed by atoms with E-state index >= 15 is 0 Å². The van der Waals surface area contributed by atoms with E-state index in [1.165, 1.54) is 19.4 Å². The summed E-state index contributed by atoms with van der Waals surface area (Å²) in [6.07, 6.45) is 1.80. The minimum atomic E-state index is -0.830. The van der Waals surface area contributed by atoms with E-state index in [4.69, 9.17) is 13.7 Å². The average Bonchev–Trinajstić information content (AvgIpc) is 3.32. The standard InChI is InChI=1S/C18H16N2O5/c1-23-18(22)14(10-12-6-3-2-4-7-12)19-17(21)13-11-16(25-20-13)15-8-5-9-24-15/h2-9,11,14H,10H2,1H3,(H,19,21)/t14-/m0/s1. The number of carbonyl (C=O) groups is 2. The highest BCUT2D eigenvalue weighted by molar-refractivity contribution is 5.95. The highest BCUT2D eigenvalue weighted by Crippen LogP contribution is 2.20. The summed E-state index contributed by atoms with van der Waals surface area (Å²) in [6.45, 7) is 0. The Morgan fingerprint density at radius 3 is 2.64 bits per heavy atom. The van der Waals surface area contributed by atoms with Gasteiger partial charge >= 0.3 is 5.97 Å². The van der Waals surface area contributed by atoms with Crippen molar-refractivity contribution in [2.24, 2.45) is 0 Å². The number of ether oxygens (including phenoxy) is 1. The quantitative estimate of drug-likeness (QED) is 0.693. The molecule has 25 heavy (non-hydrogen) atoms. The van der Waals surface area contributed by atoms with Crippen molar-refractivity contribution in [3.8, 4) is 11.5 Å². The van der Waals surface area contributed by atoms with Crippen LogP contribution < -0.4 is 5.32 Å². The van der Waals surface area contributed by atoms with E-state index in [0.29, 0.717) is 17.9 Å². The Balaban J connectivity index is 1.73. The van der Waals surface area contributed by atoms with Crippen molar-refractivity contribution in [2.75, 3.05) is 7.11 Å². The van der Waals surface area contributed by atoms with Crippen LogP contribution >= 0.6 is 0 Å². The third-order valence-electron chi connectivity index (χ3n) is 3.58. The second-order valence-electron chi connectivity index (χ2n) is 5.29. The molecule has 3 rings (SSSR count). The molecular formula is C18H16N2O5. The van der Waals surface area contributed by atoms with Gasteiger partial charge in [0.25, 0.3) is 5.91 Å². The van der Waals surface area contributed by atoms with Gasteiger partial charge in [0.05, 0.1) is 13.4 Å². The molecule has 7 heteroatoms. The predicted octanol–water partition coefficient (Wildman–Crippen LogP) is 2.45. The number of esters is 1. The Bertz CT molecular complexity index is 840. The van der Waals surface area contributed by atoms with Crippen molar-refractivity contribution in [1.82, 2.24) is 10.5 Å². The molecule has 0 unspecified atom stereocenters. The lowest BCUT2D eigenvalue weighted by Gasteiger charge is -2.15. The van der Waals surface area contributed by atoms with Crippen LogP contribution in [0.3, 0.4) is 0 Å². The molecule has 7 nitrogen and oxygen atoms in total. The first-order chi connectivity index (χ1) is 12.2. The van der Waals surface area contributed by atoms with E-state index in [1.54, 1.807) is 12.1 Å². The Hall–Kier alpha value is -3.35. The maximum atomic E-state index is 12.4. The van der Waals surface area contributed by atoms with Gasteiger partial charge in [-0.3, -0.25) is 4.79 Å². The normalized spacial score (nSPS) is 11.7. The first-order valence-electron chi connectivity index (χ1n) is 7.60. The topological polar surface area (TPSA) is 94.6 Å². The minimum Gasteiger partial charge on any atom is -0.467 e. The molecule has 0 bridgehead atoms. The number of amides is 1. The van der Waals surface area contributed by atoms with Gasteiger partial charge in [0.2, 0.25) is 5.76 Å². The summed E-state index contributed by atoms with van der Waals surface area (Å²) in [4.78, 5) is 24.4. The fourth-order valence-electron chi connectivity index (χ4n) is 2.33. The van der Waals surface area contributed by atoms with Crippen LogP contribution in [0.25, 0.3) is 11.5 Å². The Labute approximate surface area is 143 Å². The number of hydrogen-bond acceptors (Lipinski definition) is 6. The molecule has 0 aliphatic rings. The van der Waals surface area contributed by atoms with Gasteiger partial charge in [-0.1, -0.05) is 35.5 Å². The van der Waals surface area contributed by atoms with Crippen LogP contribution in [0.4, 0.5) is 0 Å². The van der Waals surface area contributed by atoms with Crippen LogP contribution in [0.15, 0.2) is 63.7 Å². The van der Waals surface area contributed by atoms with Crippen LogP contribution in [0.5, 0.6) is 0 Å². The molecule has 0 fully saturated rings. The van der Waals surface area contributed by atoms with E-state index < -0.39 is 17.9 Å². The SMILES string of the molecule is COC(=O)[C@H](Cc1ccccc1)NC(=O)c1cc(-c2ccco2)on1. The third kappa shape index (κ3) is 3.95.